The predicted octanol–water partition coefficient (Wildman–Crippen LogP) is 1.90. The molecule has 0 aromatic heterocycles. The average Bonchev–Trinajstić information content (AvgIpc) is 2.59. The van der Waals surface area contributed by atoms with Gasteiger partial charge in [0.2, 0.25) is 5.91 Å². The number of hydrogen-bond donors (Lipinski definition) is 1. The molecule has 1 saturated heterocycles. The number of para-hydroxylation sites is 1. The molecule has 5 heteroatoms. The first-order chi connectivity index (χ1) is 10.7. The van der Waals surface area contributed by atoms with Crippen LogP contribution in [0.5, 0.6) is 5.75 Å². The molecular weight excluding hydrogens is 282 g/mol. The lowest BCUT2D eigenvalue weighted by molar-refractivity contribution is -0.126. The zero-order valence-electron chi connectivity index (χ0n) is 13.4. The van der Waals surface area contributed by atoms with Gasteiger partial charge in [0.15, 0.2) is 0 Å². The number of ether oxygens (including phenoxy) is 3. The lowest BCUT2D eigenvalue weighted by Crippen LogP contribution is -2.45. The highest BCUT2D eigenvalue weighted by Crippen LogP contribution is 2.39. The van der Waals surface area contributed by atoms with E-state index in [9.17, 15) is 4.79 Å². The first kappa shape index (κ1) is 16.8. The number of nitrogens with one attached hydrogen (secondary N) is 1. The summed E-state index contributed by atoms with van der Waals surface area (Å²) in [5, 5.41) is 3.00. The molecular formula is C17H25NO4. The van der Waals surface area contributed by atoms with Crippen molar-refractivity contribution in [2.45, 2.75) is 25.2 Å². The first-order valence-corrected chi connectivity index (χ1v) is 7.77. The number of rotatable bonds is 7. The number of hydrogen-bond acceptors (Lipinski definition) is 4. The van der Waals surface area contributed by atoms with Crippen molar-refractivity contribution in [1.82, 2.24) is 5.32 Å². The summed E-state index contributed by atoms with van der Waals surface area (Å²) in [5.41, 5.74) is 0.990. The van der Waals surface area contributed by atoms with Crippen LogP contribution in [0.1, 0.15) is 25.3 Å². The average molecular weight is 307 g/mol. The molecule has 1 aliphatic heterocycles. The van der Waals surface area contributed by atoms with Crippen LogP contribution in [0, 0.1) is 0 Å². The maximum absolute atomic E-state index is 11.9. The lowest BCUT2D eigenvalue weighted by atomic mass is 9.73. The highest BCUT2D eigenvalue weighted by molar-refractivity contribution is 5.77. The number of carbonyl (C=O) groups excluding carboxylic acids is 1. The van der Waals surface area contributed by atoms with E-state index in [0.29, 0.717) is 26.4 Å². The zero-order chi connectivity index (χ0) is 15.8. The molecule has 0 bridgehead atoms. The standard InChI is InChI=1S/C17H25NO4/c1-3-21-12-16(19)18-13-17(8-10-22-11-9-17)14-6-4-5-7-15(14)20-2/h4-7H,3,8-13H2,1-2H3,(H,18,19). The molecule has 1 aromatic carbocycles. The van der Waals surface area contributed by atoms with Crippen LogP contribution in [0.25, 0.3) is 0 Å². The number of amides is 1. The molecule has 1 aliphatic rings. The fraction of sp³-hybridized carbons (Fsp3) is 0.588. The maximum atomic E-state index is 11.9. The summed E-state index contributed by atoms with van der Waals surface area (Å²) in [4.78, 5) is 11.9. The molecule has 1 amide bonds. The van der Waals surface area contributed by atoms with E-state index < -0.39 is 0 Å². The van der Waals surface area contributed by atoms with Crippen LogP contribution in [0.4, 0.5) is 0 Å². The molecule has 0 atom stereocenters. The van der Waals surface area contributed by atoms with Gasteiger partial charge in [0, 0.05) is 37.3 Å². The molecule has 1 heterocycles. The summed E-state index contributed by atoms with van der Waals surface area (Å²) in [7, 11) is 1.68. The minimum atomic E-state index is -0.146. The molecule has 0 radical (unpaired) electrons. The largest absolute Gasteiger partial charge is 0.496 e. The molecule has 0 spiro atoms. The maximum Gasteiger partial charge on any atom is 0.246 e. The van der Waals surface area contributed by atoms with Crippen molar-refractivity contribution in [1.29, 1.82) is 0 Å². The minimum Gasteiger partial charge on any atom is -0.496 e. The van der Waals surface area contributed by atoms with E-state index in [-0.39, 0.29) is 17.9 Å². The van der Waals surface area contributed by atoms with Crippen molar-refractivity contribution in [2.24, 2.45) is 0 Å². The Labute approximate surface area is 131 Å². The molecule has 1 aromatic rings. The Balaban J connectivity index is 2.15. The second-order valence-electron chi connectivity index (χ2n) is 5.51. The summed E-state index contributed by atoms with van der Waals surface area (Å²) in [6.07, 6.45) is 1.73. The van der Waals surface area contributed by atoms with Crippen LogP contribution in [0.15, 0.2) is 24.3 Å². The van der Waals surface area contributed by atoms with Crippen molar-refractivity contribution in [3.05, 3.63) is 29.8 Å². The van der Waals surface area contributed by atoms with Crippen LogP contribution >= 0.6 is 0 Å². The number of methoxy groups -OCH3 is 1. The summed E-state index contributed by atoms with van der Waals surface area (Å²) in [5.74, 6) is 0.783. The SMILES string of the molecule is CCOCC(=O)NCC1(c2ccccc2OC)CCOCC1. The molecule has 5 nitrogen and oxygen atoms in total. The van der Waals surface area contributed by atoms with E-state index >= 15 is 0 Å². The van der Waals surface area contributed by atoms with Crippen molar-refractivity contribution in [3.63, 3.8) is 0 Å². The summed E-state index contributed by atoms with van der Waals surface area (Å²) >= 11 is 0. The smallest absolute Gasteiger partial charge is 0.246 e. The molecule has 122 valence electrons. The van der Waals surface area contributed by atoms with Gasteiger partial charge < -0.3 is 19.5 Å². The van der Waals surface area contributed by atoms with E-state index in [2.05, 4.69) is 11.4 Å². The van der Waals surface area contributed by atoms with Crippen molar-refractivity contribution in [2.75, 3.05) is 40.1 Å². The third kappa shape index (κ3) is 3.99. The second kappa shape index (κ2) is 8.15. The Kier molecular flexibility index (Phi) is 6.21. The van der Waals surface area contributed by atoms with Gasteiger partial charge in [-0.25, -0.2) is 0 Å². The highest BCUT2D eigenvalue weighted by Gasteiger charge is 2.37. The van der Waals surface area contributed by atoms with Crippen LogP contribution < -0.4 is 10.1 Å². The predicted molar refractivity (Wildman–Crippen MR) is 84.2 cm³/mol. The van der Waals surface area contributed by atoms with E-state index in [1.807, 2.05) is 25.1 Å². The van der Waals surface area contributed by atoms with E-state index in [1.54, 1.807) is 7.11 Å². The lowest BCUT2D eigenvalue weighted by Gasteiger charge is -2.38. The Hall–Kier alpha value is -1.59. The van der Waals surface area contributed by atoms with Crippen LogP contribution in [-0.4, -0.2) is 46.0 Å². The highest BCUT2D eigenvalue weighted by atomic mass is 16.5. The fourth-order valence-corrected chi connectivity index (χ4v) is 2.90. The van der Waals surface area contributed by atoms with E-state index in [4.69, 9.17) is 14.2 Å². The zero-order valence-corrected chi connectivity index (χ0v) is 13.4. The first-order valence-electron chi connectivity index (χ1n) is 7.77. The van der Waals surface area contributed by atoms with Gasteiger partial charge in [-0.1, -0.05) is 18.2 Å². The van der Waals surface area contributed by atoms with Gasteiger partial charge in [0.25, 0.3) is 0 Å². The third-order valence-electron chi connectivity index (χ3n) is 4.19. The van der Waals surface area contributed by atoms with Gasteiger partial charge in [-0.05, 0) is 25.8 Å². The summed E-state index contributed by atoms with van der Waals surface area (Å²) in [6.45, 7) is 4.48. The van der Waals surface area contributed by atoms with Crippen molar-refractivity contribution in [3.8, 4) is 5.75 Å². The molecule has 1 fully saturated rings. The number of benzene rings is 1. The van der Waals surface area contributed by atoms with Gasteiger partial charge in [0.1, 0.15) is 12.4 Å². The van der Waals surface area contributed by atoms with Gasteiger partial charge >= 0.3 is 0 Å². The normalized spacial score (nSPS) is 17.0. The van der Waals surface area contributed by atoms with Crippen LogP contribution in [-0.2, 0) is 19.7 Å². The Bertz CT molecular complexity index is 483. The molecule has 2 rings (SSSR count). The van der Waals surface area contributed by atoms with Crippen molar-refractivity contribution < 1.29 is 19.0 Å². The Morgan fingerprint density at radius 2 is 2.05 bits per heavy atom. The fourth-order valence-electron chi connectivity index (χ4n) is 2.90. The molecule has 1 N–H and O–H groups in total. The molecule has 22 heavy (non-hydrogen) atoms. The van der Waals surface area contributed by atoms with Gasteiger partial charge in [0.05, 0.1) is 7.11 Å². The Morgan fingerprint density at radius 3 is 2.73 bits per heavy atom. The van der Waals surface area contributed by atoms with Crippen LogP contribution in [0.3, 0.4) is 0 Å². The number of carbonyl (C=O) groups is 1. The van der Waals surface area contributed by atoms with Crippen LogP contribution in [0.2, 0.25) is 0 Å². The van der Waals surface area contributed by atoms with E-state index in [0.717, 1.165) is 24.2 Å². The van der Waals surface area contributed by atoms with Gasteiger partial charge in [-0.3, -0.25) is 4.79 Å². The quantitative estimate of drug-likeness (QED) is 0.836. The Morgan fingerprint density at radius 1 is 1.32 bits per heavy atom. The molecule has 0 aliphatic carbocycles. The molecule has 0 unspecified atom stereocenters. The minimum absolute atomic E-state index is 0.0809. The second-order valence-corrected chi connectivity index (χ2v) is 5.51. The topological polar surface area (TPSA) is 56.8 Å². The van der Waals surface area contributed by atoms with Gasteiger partial charge in [-0.15, -0.1) is 0 Å². The van der Waals surface area contributed by atoms with E-state index in [1.165, 1.54) is 0 Å². The van der Waals surface area contributed by atoms with Crippen molar-refractivity contribution >= 4 is 5.91 Å². The summed E-state index contributed by atoms with van der Waals surface area (Å²) < 4.78 is 16.2. The summed E-state index contributed by atoms with van der Waals surface area (Å²) in [6, 6.07) is 8.02. The monoisotopic (exact) mass is 307 g/mol. The van der Waals surface area contributed by atoms with Gasteiger partial charge in [-0.2, -0.15) is 0 Å². The third-order valence-corrected chi connectivity index (χ3v) is 4.19. The molecule has 0 saturated carbocycles.